The Morgan fingerprint density at radius 3 is 2.70 bits per heavy atom. The number of carbonyl (C=O) groups is 2. The third-order valence-corrected chi connectivity index (χ3v) is 9.14. The molecule has 1 atom stereocenters. The Morgan fingerprint density at radius 1 is 1.12 bits per heavy atom. The van der Waals surface area contributed by atoms with Crippen molar-refractivity contribution < 1.29 is 14.3 Å². The number of nitrogens with one attached hydrogen (secondary N) is 1. The minimum absolute atomic E-state index is 0.132. The van der Waals surface area contributed by atoms with Gasteiger partial charge < -0.3 is 19.5 Å². The number of fused-ring (bicyclic) bond motifs is 1. The van der Waals surface area contributed by atoms with Crippen molar-refractivity contribution in [2.24, 2.45) is 0 Å². The van der Waals surface area contributed by atoms with Crippen molar-refractivity contribution in [3.05, 3.63) is 82.2 Å². The molecule has 9 nitrogen and oxygen atoms in total. The second kappa shape index (κ2) is 9.92. The van der Waals surface area contributed by atoms with E-state index < -0.39 is 6.04 Å². The topological polar surface area (TPSA) is 96.4 Å². The maximum atomic E-state index is 14.2. The van der Waals surface area contributed by atoms with Gasteiger partial charge in [0, 0.05) is 24.0 Å². The average Bonchev–Trinajstić information content (AvgIpc) is 3.56. The number of halogens is 1. The molecular weight excluding hydrogens is 572 g/mol. The number of hydrogen-bond acceptors (Lipinski definition) is 5. The number of aromatic amines is 1. The number of amides is 2. The number of imidazole rings is 1. The molecule has 0 bridgehead atoms. The zero-order chi connectivity index (χ0) is 27.4. The fraction of sp³-hybridized carbons (Fsp3) is 0.333. The molecular formula is C30H29BrN6O3. The zero-order valence-electron chi connectivity index (χ0n) is 22.0. The average molecular weight is 602 g/mol. The van der Waals surface area contributed by atoms with Crippen LogP contribution in [0.25, 0.3) is 16.7 Å². The van der Waals surface area contributed by atoms with Crippen LogP contribution in [0.15, 0.2) is 59.9 Å². The van der Waals surface area contributed by atoms with E-state index in [9.17, 15) is 9.59 Å². The zero-order valence-corrected chi connectivity index (χ0v) is 23.6. The molecule has 1 N–H and O–H groups in total. The van der Waals surface area contributed by atoms with Crippen LogP contribution in [0.1, 0.15) is 58.4 Å². The molecule has 2 aromatic heterocycles. The Morgan fingerprint density at radius 2 is 1.95 bits per heavy atom. The van der Waals surface area contributed by atoms with E-state index in [0.29, 0.717) is 61.1 Å². The predicted octanol–water partition coefficient (Wildman–Crippen LogP) is 4.93. The molecule has 2 amide bonds. The van der Waals surface area contributed by atoms with Gasteiger partial charge in [0.2, 0.25) is 11.8 Å². The first-order valence-electron chi connectivity index (χ1n) is 13.7. The van der Waals surface area contributed by atoms with Crippen molar-refractivity contribution in [2.75, 3.05) is 26.2 Å². The van der Waals surface area contributed by atoms with Crippen LogP contribution in [0.3, 0.4) is 0 Å². The monoisotopic (exact) mass is 600 g/mol. The summed E-state index contributed by atoms with van der Waals surface area (Å²) in [6.07, 6.45) is 7.32. The molecule has 7 rings (SSSR count). The van der Waals surface area contributed by atoms with Crippen molar-refractivity contribution >= 4 is 38.8 Å². The van der Waals surface area contributed by atoms with Gasteiger partial charge in [-0.1, -0.05) is 25.1 Å². The van der Waals surface area contributed by atoms with Crippen LogP contribution < -0.4 is 4.74 Å². The second-order valence-electron chi connectivity index (χ2n) is 10.6. The maximum absolute atomic E-state index is 14.2. The van der Waals surface area contributed by atoms with Gasteiger partial charge in [-0.15, -0.1) is 5.10 Å². The van der Waals surface area contributed by atoms with Gasteiger partial charge in [0.15, 0.2) is 0 Å². The highest BCUT2D eigenvalue weighted by Gasteiger charge is 2.40. The lowest BCUT2D eigenvalue weighted by Gasteiger charge is -2.40. The first-order valence-corrected chi connectivity index (χ1v) is 14.5. The number of benzene rings is 2. The molecule has 1 unspecified atom stereocenters. The van der Waals surface area contributed by atoms with Gasteiger partial charge >= 0.3 is 0 Å². The van der Waals surface area contributed by atoms with Crippen LogP contribution in [0.4, 0.5) is 0 Å². The minimum Gasteiger partial charge on any atom is -0.474 e. The second-order valence-corrected chi connectivity index (χ2v) is 11.5. The molecule has 204 valence electrons. The number of rotatable bonds is 4. The van der Waals surface area contributed by atoms with E-state index in [-0.39, 0.29) is 11.8 Å². The number of nitrogens with zero attached hydrogens (tertiary/aromatic N) is 5. The van der Waals surface area contributed by atoms with Gasteiger partial charge in [-0.05, 0) is 70.6 Å². The van der Waals surface area contributed by atoms with Crippen molar-refractivity contribution in [3.8, 4) is 11.6 Å². The van der Waals surface area contributed by atoms with E-state index in [1.165, 1.54) is 30.9 Å². The number of aromatic nitrogens is 4. The Kier molecular flexibility index (Phi) is 6.22. The van der Waals surface area contributed by atoms with E-state index in [1.807, 2.05) is 21.7 Å². The van der Waals surface area contributed by atoms with Crippen LogP contribution in [0.5, 0.6) is 5.88 Å². The van der Waals surface area contributed by atoms with Crippen molar-refractivity contribution in [1.29, 1.82) is 0 Å². The summed E-state index contributed by atoms with van der Waals surface area (Å²) in [5, 5.41) is 4.91. The van der Waals surface area contributed by atoms with Gasteiger partial charge in [0.05, 0.1) is 46.9 Å². The van der Waals surface area contributed by atoms with Crippen molar-refractivity contribution in [1.82, 2.24) is 29.5 Å². The minimum atomic E-state index is -0.430. The summed E-state index contributed by atoms with van der Waals surface area (Å²) < 4.78 is 8.95. The SMILES string of the molecule is C=CC(=O)N1CCOc2nn(-c3ccc(C4CCC4)cc3)c3c2C(C1)N(C(=O)c1ccc(Br)c2nc[nH]c12)CC3. The molecule has 4 aromatic rings. The van der Waals surface area contributed by atoms with E-state index in [0.717, 1.165) is 21.4 Å². The molecule has 10 heteroatoms. The molecule has 1 fully saturated rings. The molecule has 1 aliphatic carbocycles. The Bertz CT molecular complexity index is 1640. The van der Waals surface area contributed by atoms with Crippen LogP contribution >= 0.6 is 15.9 Å². The van der Waals surface area contributed by atoms with Crippen LogP contribution in [-0.2, 0) is 11.2 Å². The van der Waals surface area contributed by atoms with Crippen LogP contribution in [-0.4, -0.2) is 67.6 Å². The smallest absolute Gasteiger partial charge is 0.256 e. The van der Waals surface area contributed by atoms with Gasteiger partial charge in [-0.3, -0.25) is 9.59 Å². The normalized spacial score (nSPS) is 18.9. The van der Waals surface area contributed by atoms with E-state index in [2.05, 4.69) is 56.7 Å². The largest absolute Gasteiger partial charge is 0.474 e. The van der Waals surface area contributed by atoms with Gasteiger partial charge in [-0.25, -0.2) is 9.67 Å². The number of ether oxygens (including phenoxy) is 1. The summed E-state index contributed by atoms with van der Waals surface area (Å²) in [5.41, 5.74) is 6.12. The van der Waals surface area contributed by atoms with E-state index >= 15 is 0 Å². The Balaban J connectivity index is 1.31. The van der Waals surface area contributed by atoms with Gasteiger partial charge in [0.25, 0.3) is 5.91 Å². The molecule has 2 aliphatic heterocycles. The summed E-state index contributed by atoms with van der Waals surface area (Å²) in [6.45, 7) is 5.18. The highest BCUT2D eigenvalue weighted by Crippen LogP contribution is 2.41. The third kappa shape index (κ3) is 4.04. The predicted molar refractivity (Wildman–Crippen MR) is 154 cm³/mol. The fourth-order valence-corrected chi connectivity index (χ4v) is 6.59. The van der Waals surface area contributed by atoms with Gasteiger partial charge in [0.1, 0.15) is 12.1 Å². The maximum Gasteiger partial charge on any atom is 0.256 e. The molecule has 40 heavy (non-hydrogen) atoms. The Labute approximate surface area is 239 Å². The van der Waals surface area contributed by atoms with Crippen LogP contribution in [0, 0.1) is 0 Å². The molecule has 0 spiro atoms. The highest BCUT2D eigenvalue weighted by molar-refractivity contribution is 9.10. The summed E-state index contributed by atoms with van der Waals surface area (Å²) in [5.74, 6) is 0.859. The molecule has 2 aromatic carbocycles. The molecule has 0 radical (unpaired) electrons. The van der Waals surface area contributed by atoms with Gasteiger partial charge in [-0.2, -0.15) is 0 Å². The van der Waals surface area contributed by atoms with Crippen molar-refractivity contribution in [2.45, 2.75) is 37.6 Å². The lowest BCUT2D eigenvalue weighted by atomic mass is 9.80. The third-order valence-electron chi connectivity index (χ3n) is 8.50. The lowest BCUT2D eigenvalue weighted by molar-refractivity contribution is -0.127. The number of hydrogen-bond donors (Lipinski definition) is 1. The number of H-pyrrole nitrogens is 1. The summed E-state index contributed by atoms with van der Waals surface area (Å²) in [6, 6.07) is 11.9. The van der Waals surface area contributed by atoms with E-state index in [1.54, 1.807) is 11.2 Å². The molecule has 0 saturated heterocycles. The first-order chi connectivity index (χ1) is 19.5. The summed E-state index contributed by atoms with van der Waals surface area (Å²) in [7, 11) is 0. The van der Waals surface area contributed by atoms with E-state index in [4.69, 9.17) is 9.84 Å². The van der Waals surface area contributed by atoms with Crippen LogP contribution in [0.2, 0.25) is 0 Å². The fourth-order valence-electron chi connectivity index (χ4n) is 6.15. The standard InChI is InChI=1S/C30H29BrN6O3/c1-2-25(38)35-14-15-40-29-26-23(37(34-29)20-8-6-19(7-9-20)18-4-3-5-18)12-13-36(24(26)16-35)30(39)21-10-11-22(31)28-27(21)32-17-33-28/h2,6-11,17-18,24H,1,3-5,12-16H2,(H,32,33). The quantitative estimate of drug-likeness (QED) is 0.335. The molecule has 3 aliphatic rings. The highest BCUT2D eigenvalue weighted by atomic mass is 79.9. The lowest BCUT2D eigenvalue weighted by Crippen LogP contribution is -2.48. The van der Waals surface area contributed by atoms with Crippen molar-refractivity contribution in [3.63, 3.8) is 0 Å². The summed E-state index contributed by atoms with van der Waals surface area (Å²) >= 11 is 3.53. The molecule has 4 heterocycles. The molecule has 1 saturated carbocycles. The summed E-state index contributed by atoms with van der Waals surface area (Å²) in [4.78, 5) is 38.0. The first kappa shape index (κ1) is 25.1. The Hall–Kier alpha value is -3.92. The number of carbonyl (C=O) groups excluding carboxylic acids is 2.